The van der Waals surface area contributed by atoms with Crippen molar-refractivity contribution in [3.63, 3.8) is 0 Å². The third-order valence-electron chi connectivity index (χ3n) is 2.98. The number of nitrogens with zero attached hydrogens (tertiary/aromatic N) is 2. The van der Waals surface area contributed by atoms with Crippen molar-refractivity contribution in [2.75, 3.05) is 13.2 Å². The molecule has 4 atom stereocenters. The highest BCUT2D eigenvalue weighted by atomic mass is 16.7. The van der Waals surface area contributed by atoms with Gasteiger partial charge < -0.3 is 30.1 Å². The molecule has 0 spiro atoms. The van der Waals surface area contributed by atoms with E-state index in [4.69, 9.17) is 15.9 Å². The number of terminal acetylenes is 1. The molecule has 2 heterocycles. The van der Waals surface area contributed by atoms with E-state index in [1.807, 2.05) is 0 Å². The highest BCUT2D eigenvalue weighted by Crippen LogP contribution is 2.30. The monoisotopic (exact) mass is 285 g/mol. The number of hydrogen-bond donors (Lipinski definition) is 4. The van der Waals surface area contributed by atoms with Crippen molar-refractivity contribution in [3.05, 3.63) is 0 Å². The molecule has 0 bridgehead atoms. The molecule has 2 aliphatic rings. The Morgan fingerprint density at radius 1 is 1.50 bits per heavy atom. The van der Waals surface area contributed by atoms with Gasteiger partial charge in [-0.1, -0.05) is 0 Å². The number of ether oxygens (including phenoxy) is 2. The number of hydrogen-bond acceptors (Lipinski definition) is 8. The second-order valence-corrected chi connectivity index (χ2v) is 4.57. The van der Waals surface area contributed by atoms with E-state index < -0.39 is 36.4 Å². The first-order chi connectivity index (χ1) is 9.47. The maximum atomic E-state index is 11.6. The summed E-state index contributed by atoms with van der Waals surface area (Å²) in [6, 6.07) is 0. The lowest BCUT2D eigenvalue weighted by atomic mass is 10.1. The highest BCUT2D eigenvalue weighted by Gasteiger charge is 2.42. The molecule has 110 valence electrons. The second kappa shape index (κ2) is 5.72. The smallest absolute Gasteiger partial charge is 0.407 e. The second-order valence-electron chi connectivity index (χ2n) is 4.57. The summed E-state index contributed by atoms with van der Waals surface area (Å²) in [6.07, 6.45) is -1.07. The zero-order valence-corrected chi connectivity index (χ0v) is 10.5. The van der Waals surface area contributed by atoms with Crippen LogP contribution < -0.4 is 5.32 Å². The normalized spacial score (nSPS) is 34.1. The van der Waals surface area contributed by atoms with Gasteiger partial charge in [-0.25, -0.2) is 4.79 Å². The van der Waals surface area contributed by atoms with E-state index in [0.717, 1.165) is 0 Å². The van der Waals surface area contributed by atoms with E-state index in [0.29, 0.717) is 0 Å². The first kappa shape index (κ1) is 14.7. The van der Waals surface area contributed by atoms with Crippen molar-refractivity contribution in [2.24, 2.45) is 10.2 Å². The van der Waals surface area contributed by atoms with Gasteiger partial charge in [-0.3, -0.25) is 0 Å². The van der Waals surface area contributed by atoms with Gasteiger partial charge >= 0.3 is 6.09 Å². The van der Waals surface area contributed by atoms with Crippen LogP contribution in [0.1, 0.15) is 6.42 Å². The lowest BCUT2D eigenvalue weighted by molar-refractivity contribution is -0.251. The molecule has 1 fully saturated rings. The molecule has 2 rings (SSSR count). The number of alkyl carbamates (subject to hydrolysis) is 1. The Bertz CT molecular complexity index is 442. The van der Waals surface area contributed by atoms with Gasteiger partial charge in [0, 0.05) is 0 Å². The summed E-state index contributed by atoms with van der Waals surface area (Å²) >= 11 is 0. The maximum absolute atomic E-state index is 11.6. The Morgan fingerprint density at radius 2 is 2.20 bits per heavy atom. The van der Waals surface area contributed by atoms with Gasteiger partial charge in [-0.15, -0.1) is 12.3 Å². The molecule has 9 heteroatoms. The third kappa shape index (κ3) is 3.23. The summed E-state index contributed by atoms with van der Waals surface area (Å²) in [5, 5.41) is 38.3. The number of carbonyl (C=O) groups is 1. The molecule has 0 aromatic rings. The molecule has 0 aromatic heterocycles. The summed E-state index contributed by atoms with van der Waals surface area (Å²) in [5.41, 5.74) is -0.798. The average molecular weight is 285 g/mol. The van der Waals surface area contributed by atoms with Crippen LogP contribution in [-0.2, 0) is 9.47 Å². The fourth-order valence-corrected chi connectivity index (χ4v) is 1.72. The van der Waals surface area contributed by atoms with Crippen molar-refractivity contribution in [1.29, 1.82) is 0 Å². The fraction of sp³-hybridized carbons (Fsp3) is 0.727. The van der Waals surface area contributed by atoms with Crippen LogP contribution in [0.15, 0.2) is 10.2 Å². The van der Waals surface area contributed by atoms with Gasteiger partial charge in [0.1, 0.15) is 12.2 Å². The number of rotatable bonds is 4. The predicted octanol–water partition coefficient (Wildman–Crippen LogP) is -1.66. The van der Waals surface area contributed by atoms with E-state index in [9.17, 15) is 20.1 Å². The zero-order valence-electron chi connectivity index (χ0n) is 10.5. The van der Waals surface area contributed by atoms with Crippen LogP contribution in [0.2, 0.25) is 0 Å². The van der Waals surface area contributed by atoms with Gasteiger partial charge in [0.2, 0.25) is 5.66 Å². The first-order valence-corrected chi connectivity index (χ1v) is 5.95. The Labute approximate surface area is 114 Å². The molecular formula is C11H15N3O6. The van der Waals surface area contributed by atoms with Crippen molar-refractivity contribution in [2.45, 2.75) is 36.7 Å². The van der Waals surface area contributed by atoms with Crippen molar-refractivity contribution < 1.29 is 29.6 Å². The maximum Gasteiger partial charge on any atom is 0.407 e. The van der Waals surface area contributed by atoms with E-state index >= 15 is 0 Å². The summed E-state index contributed by atoms with van der Waals surface area (Å²) in [5.74, 6) is 2.38. The highest BCUT2D eigenvalue weighted by molar-refractivity contribution is 5.67. The standard InChI is InChI=1S/C11H15N3O6/c1-2-3-11(13-14-11)5-12-10(18)20-8-7(16)6(15)4-19-9(8)17/h1,6-9,15-17H,3-5H2,(H,12,18)/t6-,7+,8?,9-/m1/s1. The Morgan fingerprint density at radius 3 is 2.80 bits per heavy atom. The Kier molecular flexibility index (Phi) is 4.20. The fourth-order valence-electron chi connectivity index (χ4n) is 1.72. The molecule has 1 amide bonds. The number of carbonyl (C=O) groups excluding carboxylic acids is 1. The van der Waals surface area contributed by atoms with Crippen molar-refractivity contribution in [1.82, 2.24) is 5.32 Å². The number of aliphatic hydroxyl groups excluding tert-OH is 3. The van der Waals surface area contributed by atoms with Crippen LogP contribution in [0.4, 0.5) is 4.79 Å². The molecule has 0 radical (unpaired) electrons. The van der Waals surface area contributed by atoms with Crippen LogP contribution in [0.3, 0.4) is 0 Å². The number of amides is 1. The van der Waals surface area contributed by atoms with E-state index in [-0.39, 0.29) is 19.6 Å². The molecular weight excluding hydrogens is 270 g/mol. The summed E-state index contributed by atoms with van der Waals surface area (Å²) < 4.78 is 9.56. The third-order valence-corrected chi connectivity index (χ3v) is 2.98. The number of nitrogens with one attached hydrogen (secondary N) is 1. The lowest BCUT2D eigenvalue weighted by Crippen LogP contribution is -2.55. The molecule has 0 saturated carbocycles. The molecule has 2 aliphatic heterocycles. The van der Waals surface area contributed by atoms with Gasteiger partial charge in [0.15, 0.2) is 12.4 Å². The Hall–Kier alpha value is -1.73. The molecule has 20 heavy (non-hydrogen) atoms. The molecule has 9 nitrogen and oxygen atoms in total. The Balaban J connectivity index is 1.80. The van der Waals surface area contributed by atoms with Gasteiger partial charge in [-0.2, -0.15) is 10.2 Å². The lowest BCUT2D eigenvalue weighted by Gasteiger charge is -2.34. The first-order valence-electron chi connectivity index (χ1n) is 5.95. The van der Waals surface area contributed by atoms with Crippen LogP contribution in [0, 0.1) is 12.3 Å². The van der Waals surface area contributed by atoms with Gasteiger partial charge in [-0.05, 0) is 0 Å². The molecule has 0 aliphatic carbocycles. The minimum Gasteiger partial charge on any atom is -0.438 e. The van der Waals surface area contributed by atoms with Crippen LogP contribution in [0.5, 0.6) is 0 Å². The molecule has 4 N–H and O–H groups in total. The summed E-state index contributed by atoms with van der Waals surface area (Å²) in [4.78, 5) is 11.6. The van der Waals surface area contributed by atoms with E-state index in [1.165, 1.54) is 0 Å². The van der Waals surface area contributed by atoms with Crippen LogP contribution in [-0.4, -0.2) is 64.8 Å². The van der Waals surface area contributed by atoms with Crippen LogP contribution >= 0.6 is 0 Å². The zero-order chi connectivity index (χ0) is 14.8. The van der Waals surface area contributed by atoms with Gasteiger partial charge in [0.05, 0.1) is 19.6 Å². The summed E-state index contributed by atoms with van der Waals surface area (Å²) in [6.45, 7) is -0.189. The van der Waals surface area contributed by atoms with Crippen molar-refractivity contribution in [3.8, 4) is 12.3 Å². The predicted molar refractivity (Wildman–Crippen MR) is 63.3 cm³/mol. The van der Waals surface area contributed by atoms with Crippen LogP contribution in [0.25, 0.3) is 0 Å². The average Bonchev–Trinajstić information content (AvgIpc) is 3.18. The molecule has 0 aromatic carbocycles. The summed E-state index contributed by atoms with van der Waals surface area (Å²) in [7, 11) is 0. The van der Waals surface area contributed by atoms with Gasteiger partial charge in [0.25, 0.3) is 0 Å². The van der Waals surface area contributed by atoms with E-state index in [2.05, 4.69) is 21.5 Å². The topological polar surface area (TPSA) is 133 Å². The van der Waals surface area contributed by atoms with Crippen molar-refractivity contribution >= 4 is 6.09 Å². The number of aliphatic hydroxyl groups is 3. The minimum atomic E-state index is -1.51. The van der Waals surface area contributed by atoms with E-state index in [1.54, 1.807) is 0 Å². The largest absolute Gasteiger partial charge is 0.438 e. The minimum absolute atomic E-state index is 0.0539. The quantitative estimate of drug-likeness (QED) is 0.457. The molecule has 1 saturated heterocycles. The SMILES string of the molecule is C#CCC1(CNC(=O)OC2[C@H](O)OC[C@@H](O)[C@@H]2O)N=N1. The molecule has 1 unspecified atom stereocenters.